The summed E-state index contributed by atoms with van der Waals surface area (Å²) >= 11 is 1.33. The molecule has 0 bridgehead atoms. The maximum Gasteiger partial charge on any atom is 0.339 e. The Morgan fingerprint density at radius 3 is 2.47 bits per heavy atom. The lowest BCUT2D eigenvalue weighted by atomic mass is 10.5. The molecule has 1 aromatic heterocycles. The number of carboxylic acids is 1. The van der Waals surface area contributed by atoms with E-state index >= 15 is 0 Å². The highest BCUT2D eigenvalue weighted by Crippen LogP contribution is 2.31. The average molecular weight is 311 g/mol. The lowest BCUT2D eigenvalue weighted by Crippen LogP contribution is -2.23. The second-order valence-electron chi connectivity index (χ2n) is 3.09. The maximum atomic E-state index is 10.7. The standard InChI is InChI=1S/C5H6N2OS.C3H8NO5P/c1-6-5(8)4-2-7-3-9-4;5-3(6)1-4-2-10(7,8)9/h2-3H,1H3,(H,6,8);4H,1-2H2,(H,5,6)(H2,7,8,9). The number of thiazole rings is 1. The van der Waals surface area contributed by atoms with Gasteiger partial charge in [0.25, 0.3) is 5.91 Å². The predicted molar refractivity (Wildman–Crippen MR) is 68.1 cm³/mol. The van der Waals surface area contributed by atoms with Crippen molar-refractivity contribution < 1.29 is 29.0 Å². The Morgan fingerprint density at radius 1 is 1.47 bits per heavy atom. The molecule has 9 nitrogen and oxygen atoms in total. The van der Waals surface area contributed by atoms with Crippen LogP contribution in [0.1, 0.15) is 9.67 Å². The second kappa shape index (κ2) is 8.73. The molecule has 0 radical (unpaired) electrons. The van der Waals surface area contributed by atoms with Crippen LogP contribution in [-0.2, 0) is 9.36 Å². The largest absolute Gasteiger partial charge is 0.480 e. The van der Waals surface area contributed by atoms with Crippen molar-refractivity contribution in [3.63, 3.8) is 0 Å². The molecule has 0 unspecified atom stereocenters. The first-order chi connectivity index (χ1) is 8.76. The molecule has 1 rings (SSSR count). The van der Waals surface area contributed by atoms with E-state index in [-0.39, 0.29) is 5.91 Å². The van der Waals surface area contributed by atoms with Gasteiger partial charge in [0, 0.05) is 7.05 Å². The van der Waals surface area contributed by atoms with Crippen molar-refractivity contribution >= 4 is 30.8 Å². The van der Waals surface area contributed by atoms with Gasteiger partial charge in [-0.15, -0.1) is 11.3 Å². The van der Waals surface area contributed by atoms with Crippen molar-refractivity contribution in [1.82, 2.24) is 15.6 Å². The third kappa shape index (κ3) is 10.3. The van der Waals surface area contributed by atoms with E-state index in [0.29, 0.717) is 4.88 Å². The highest BCUT2D eigenvalue weighted by molar-refractivity contribution is 7.51. The van der Waals surface area contributed by atoms with E-state index in [0.717, 1.165) is 0 Å². The van der Waals surface area contributed by atoms with Gasteiger partial charge in [-0.25, -0.2) is 0 Å². The number of carboxylic acid groups (broad SMARTS) is 1. The number of rotatable bonds is 5. The highest BCUT2D eigenvalue weighted by atomic mass is 32.1. The molecule has 11 heteroatoms. The van der Waals surface area contributed by atoms with Crippen LogP contribution in [0.3, 0.4) is 0 Å². The minimum atomic E-state index is -4.10. The number of amides is 1. The number of aliphatic carboxylic acids is 1. The van der Waals surface area contributed by atoms with Crippen molar-refractivity contribution in [2.24, 2.45) is 0 Å². The Hall–Kier alpha value is -1.32. The number of nitrogens with one attached hydrogen (secondary N) is 2. The summed E-state index contributed by atoms with van der Waals surface area (Å²) in [6.45, 7) is -0.439. The van der Waals surface area contributed by atoms with Crippen molar-refractivity contribution in [2.45, 2.75) is 0 Å². The minimum absolute atomic E-state index is 0.0718. The molecular formula is C8H14N3O6PS. The molecule has 0 fully saturated rings. The lowest BCUT2D eigenvalue weighted by Gasteiger charge is -2.02. The summed E-state index contributed by atoms with van der Waals surface area (Å²) in [7, 11) is -2.50. The average Bonchev–Trinajstić information content (AvgIpc) is 2.80. The lowest BCUT2D eigenvalue weighted by molar-refractivity contribution is -0.135. The van der Waals surface area contributed by atoms with Gasteiger partial charge in [0.2, 0.25) is 0 Å². The third-order valence-corrected chi connectivity index (χ3v) is 2.88. The fourth-order valence-electron chi connectivity index (χ4n) is 0.760. The normalized spacial score (nSPS) is 10.3. The summed E-state index contributed by atoms with van der Waals surface area (Å²) in [5.74, 6) is -1.22. The van der Waals surface area contributed by atoms with Crippen molar-refractivity contribution in [3.05, 3.63) is 16.6 Å². The zero-order valence-corrected chi connectivity index (χ0v) is 11.6. The SMILES string of the molecule is CNC(=O)c1cncs1.O=C(O)CNCP(=O)(O)O. The Balaban J connectivity index is 0.000000342. The molecule has 1 amide bonds. The van der Waals surface area contributed by atoms with Crippen LogP contribution in [0.2, 0.25) is 0 Å². The van der Waals surface area contributed by atoms with Gasteiger partial charge in [0.05, 0.1) is 24.5 Å². The van der Waals surface area contributed by atoms with E-state index < -0.39 is 26.4 Å². The van der Waals surface area contributed by atoms with Gasteiger partial charge in [0.15, 0.2) is 0 Å². The minimum Gasteiger partial charge on any atom is -0.480 e. The van der Waals surface area contributed by atoms with Crippen LogP contribution >= 0.6 is 18.9 Å². The first-order valence-corrected chi connectivity index (χ1v) is 7.51. The van der Waals surface area contributed by atoms with Crippen LogP contribution in [0, 0.1) is 0 Å². The first kappa shape index (κ1) is 17.7. The Bertz CT molecular complexity index is 445. The van der Waals surface area contributed by atoms with E-state index in [1.54, 1.807) is 18.8 Å². The van der Waals surface area contributed by atoms with Gasteiger partial charge in [-0.05, 0) is 0 Å². The number of nitrogens with zero attached hydrogens (tertiary/aromatic N) is 1. The van der Waals surface area contributed by atoms with E-state index in [1.165, 1.54) is 11.3 Å². The first-order valence-electron chi connectivity index (χ1n) is 4.84. The third-order valence-electron chi connectivity index (χ3n) is 1.48. The molecule has 1 aromatic rings. The number of hydrogen-bond donors (Lipinski definition) is 5. The van der Waals surface area contributed by atoms with Gasteiger partial charge in [-0.1, -0.05) is 0 Å². The molecule has 108 valence electrons. The number of carbonyl (C=O) groups is 2. The summed E-state index contributed by atoms with van der Waals surface area (Å²) < 4.78 is 10.1. The fourth-order valence-corrected chi connectivity index (χ4v) is 1.73. The number of carbonyl (C=O) groups excluding carboxylic acids is 1. The van der Waals surface area contributed by atoms with Crippen LogP contribution in [0.5, 0.6) is 0 Å². The molecule has 0 aliphatic carbocycles. The molecule has 0 aliphatic heterocycles. The molecule has 0 saturated heterocycles. The van der Waals surface area contributed by atoms with Gasteiger partial charge >= 0.3 is 13.6 Å². The van der Waals surface area contributed by atoms with Crippen LogP contribution in [0.15, 0.2) is 11.7 Å². The maximum absolute atomic E-state index is 10.7. The Labute approximate surface area is 112 Å². The molecule has 0 saturated carbocycles. The summed E-state index contributed by atoms with van der Waals surface area (Å²) in [5.41, 5.74) is 1.63. The molecule has 1 heterocycles. The summed E-state index contributed by atoms with van der Waals surface area (Å²) in [5, 5.41) is 12.6. The van der Waals surface area contributed by atoms with Gasteiger partial charge < -0.3 is 20.2 Å². The van der Waals surface area contributed by atoms with Gasteiger partial charge in [-0.3, -0.25) is 24.5 Å². The second-order valence-corrected chi connectivity index (χ2v) is 5.62. The van der Waals surface area contributed by atoms with E-state index in [9.17, 15) is 14.2 Å². The zero-order chi connectivity index (χ0) is 14.9. The molecule has 0 aliphatic rings. The van der Waals surface area contributed by atoms with Crippen molar-refractivity contribution in [3.8, 4) is 0 Å². The topological polar surface area (TPSA) is 149 Å². The summed E-state index contributed by atoms with van der Waals surface area (Å²) in [6, 6.07) is 0. The predicted octanol–water partition coefficient (Wildman–Crippen LogP) is -0.701. The smallest absolute Gasteiger partial charge is 0.339 e. The molecule has 0 spiro atoms. The van der Waals surface area contributed by atoms with E-state index in [2.05, 4.69) is 15.6 Å². The molecule has 0 atom stereocenters. The molecular weight excluding hydrogens is 297 g/mol. The van der Waals surface area contributed by atoms with Crippen molar-refractivity contribution in [1.29, 1.82) is 0 Å². The van der Waals surface area contributed by atoms with E-state index in [4.69, 9.17) is 14.9 Å². The zero-order valence-electron chi connectivity index (χ0n) is 9.94. The van der Waals surface area contributed by atoms with Crippen LogP contribution < -0.4 is 10.6 Å². The summed E-state index contributed by atoms with van der Waals surface area (Å²) in [4.78, 5) is 41.3. The Morgan fingerprint density at radius 2 is 2.11 bits per heavy atom. The van der Waals surface area contributed by atoms with Crippen molar-refractivity contribution in [2.75, 3.05) is 19.9 Å². The molecule has 19 heavy (non-hydrogen) atoms. The number of aromatic nitrogens is 1. The van der Waals surface area contributed by atoms with E-state index in [1.807, 2.05) is 0 Å². The number of hydrogen-bond acceptors (Lipinski definition) is 6. The van der Waals surface area contributed by atoms with Gasteiger partial charge in [-0.2, -0.15) is 0 Å². The molecule has 5 N–H and O–H groups in total. The fraction of sp³-hybridized carbons (Fsp3) is 0.375. The van der Waals surface area contributed by atoms with Crippen LogP contribution in [-0.4, -0.2) is 51.6 Å². The quantitative estimate of drug-likeness (QED) is 0.448. The molecule has 0 aromatic carbocycles. The Kier molecular flexibility index (Phi) is 8.12. The highest BCUT2D eigenvalue weighted by Gasteiger charge is 2.11. The van der Waals surface area contributed by atoms with Crippen LogP contribution in [0.4, 0.5) is 0 Å². The van der Waals surface area contributed by atoms with Gasteiger partial charge in [0.1, 0.15) is 4.88 Å². The summed E-state index contributed by atoms with van der Waals surface area (Å²) in [6.07, 6.45) is 0.947. The van der Waals surface area contributed by atoms with Crippen LogP contribution in [0.25, 0.3) is 0 Å². The monoisotopic (exact) mass is 311 g/mol.